The summed E-state index contributed by atoms with van der Waals surface area (Å²) < 4.78 is 1.69. The Hall–Kier alpha value is -1.76. The summed E-state index contributed by atoms with van der Waals surface area (Å²) in [6.07, 6.45) is 2.07. The van der Waals surface area contributed by atoms with E-state index in [-0.39, 0.29) is 29.2 Å². The maximum Gasteiger partial charge on any atom is 0.288 e. The van der Waals surface area contributed by atoms with Crippen molar-refractivity contribution in [3.63, 3.8) is 0 Å². The van der Waals surface area contributed by atoms with Crippen LogP contribution in [0.3, 0.4) is 0 Å². The molecule has 0 aliphatic carbocycles. The van der Waals surface area contributed by atoms with Crippen molar-refractivity contribution in [3.05, 3.63) is 28.2 Å². The van der Waals surface area contributed by atoms with E-state index >= 15 is 0 Å². The predicted molar refractivity (Wildman–Crippen MR) is 71.3 cm³/mol. The molecular weight excluding hydrogens is 268 g/mol. The minimum atomic E-state index is -0.419. The fraction of sp³-hybridized carbons (Fsp3) is 0.417. The van der Waals surface area contributed by atoms with Gasteiger partial charge < -0.3 is 9.67 Å². The molecule has 102 valence electrons. The highest BCUT2D eigenvalue weighted by Crippen LogP contribution is 2.19. The number of pyridine rings is 1. The van der Waals surface area contributed by atoms with Crippen molar-refractivity contribution in [2.75, 3.05) is 12.3 Å². The lowest BCUT2D eigenvalue weighted by atomic mass is 10.2. The highest BCUT2D eigenvalue weighted by molar-refractivity contribution is 8.14. The second-order valence-electron chi connectivity index (χ2n) is 4.12. The van der Waals surface area contributed by atoms with Gasteiger partial charge in [0.2, 0.25) is 11.3 Å². The Balaban J connectivity index is 2.16. The summed E-state index contributed by atoms with van der Waals surface area (Å²) in [6, 6.07) is 1.27. The average molecular weight is 282 g/mol. The normalized spacial score (nSPS) is 15.3. The van der Waals surface area contributed by atoms with Crippen LogP contribution in [0.25, 0.3) is 0 Å². The van der Waals surface area contributed by atoms with Gasteiger partial charge in [-0.1, -0.05) is 18.7 Å². The Labute approximate surface area is 114 Å². The predicted octanol–water partition coefficient (Wildman–Crippen LogP) is 0.812. The second kappa shape index (κ2) is 5.48. The fourth-order valence-corrected chi connectivity index (χ4v) is 2.74. The van der Waals surface area contributed by atoms with Crippen molar-refractivity contribution in [2.24, 2.45) is 0 Å². The summed E-state index contributed by atoms with van der Waals surface area (Å²) in [5.41, 5.74) is 0.0937. The minimum Gasteiger partial charge on any atom is -0.503 e. The Morgan fingerprint density at radius 2 is 2.05 bits per heavy atom. The third kappa shape index (κ3) is 2.65. The van der Waals surface area contributed by atoms with E-state index in [0.717, 1.165) is 11.8 Å². The van der Waals surface area contributed by atoms with E-state index in [2.05, 4.69) is 0 Å². The molecule has 7 heteroatoms. The maximum atomic E-state index is 11.5. The van der Waals surface area contributed by atoms with Gasteiger partial charge in [0.25, 0.3) is 5.24 Å². The van der Waals surface area contributed by atoms with Gasteiger partial charge in [0, 0.05) is 25.4 Å². The molecule has 1 fully saturated rings. The molecule has 0 bridgehead atoms. The van der Waals surface area contributed by atoms with E-state index in [0.29, 0.717) is 18.7 Å². The lowest BCUT2D eigenvalue weighted by Crippen LogP contribution is -2.32. The van der Waals surface area contributed by atoms with Crippen LogP contribution in [-0.2, 0) is 17.8 Å². The molecule has 0 aromatic carbocycles. The van der Waals surface area contributed by atoms with Gasteiger partial charge in [-0.25, -0.2) is 0 Å². The molecule has 2 amide bonds. The standard InChI is InChI=1S/C12H14N2O4S/c1-2-8-11(17)9(15)3-4-13(8)5-6-14-10(16)7-19-12(14)18/h3-4,17H,2,5-7H2,1H3. The van der Waals surface area contributed by atoms with Crippen molar-refractivity contribution >= 4 is 22.9 Å². The molecule has 2 heterocycles. The van der Waals surface area contributed by atoms with Gasteiger partial charge in [-0.3, -0.25) is 19.3 Å². The first kappa shape index (κ1) is 13.7. The van der Waals surface area contributed by atoms with Crippen molar-refractivity contribution in [2.45, 2.75) is 19.9 Å². The zero-order chi connectivity index (χ0) is 14.0. The lowest BCUT2D eigenvalue weighted by Gasteiger charge is -2.17. The van der Waals surface area contributed by atoms with Gasteiger partial charge in [-0.2, -0.15) is 0 Å². The molecule has 1 saturated heterocycles. The van der Waals surface area contributed by atoms with Gasteiger partial charge in [0.05, 0.1) is 11.4 Å². The Morgan fingerprint density at radius 3 is 2.63 bits per heavy atom. The maximum absolute atomic E-state index is 11.5. The number of rotatable bonds is 4. The number of hydrogen-bond acceptors (Lipinski definition) is 5. The summed E-state index contributed by atoms with van der Waals surface area (Å²) in [5, 5.41) is 9.45. The third-order valence-corrected chi connectivity index (χ3v) is 3.86. The van der Waals surface area contributed by atoms with Crippen molar-refractivity contribution in [3.8, 4) is 5.75 Å². The summed E-state index contributed by atoms with van der Waals surface area (Å²) in [6.45, 7) is 2.45. The van der Waals surface area contributed by atoms with Crippen LogP contribution in [0.1, 0.15) is 12.6 Å². The Bertz CT molecular complexity index is 566. The molecule has 0 saturated carbocycles. The highest BCUT2D eigenvalue weighted by Gasteiger charge is 2.29. The average Bonchev–Trinajstić information content (AvgIpc) is 2.71. The molecular formula is C12H14N2O4S. The largest absolute Gasteiger partial charge is 0.503 e. The number of carbonyl (C=O) groups is 2. The summed E-state index contributed by atoms with van der Waals surface area (Å²) in [5.74, 6) is -0.272. The van der Waals surface area contributed by atoms with Crippen molar-refractivity contribution in [1.82, 2.24) is 9.47 Å². The van der Waals surface area contributed by atoms with Crippen LogP contribution < -0.4 is 5.43 Å². The van der Waals surface area contributed by atoms with Gasteiger partial charge in [-0.15, -0.1) is 0 Å². The number of aromatic nitrogens is 1. The summed E-state index contributed by atoms with van der Waals surface area (Å²) >= 11 is 0.993. The van der Waals surface area contributed by atoms with E-state index in [1.165, 1.54) is 11.0 Å². The first-order valence-electron chi connectivity index (χ1n) is 5.93. The number of nitrogens with zero attached hydrogens (tertiary/aromatic N) is 2. The quantitative estimate of drug-likeness (QED) is 0.884. The van der Waals surface area contributed by atoms with Crippen LogP contribution >= 0.6 is 11.8 Å². The van der Waals surface area contributed by atoms with E-state index in [4.69, 9.17) is 0 Å². The van der Waals surface area contributed by atoms with Crippen molar-refractivity contribution in [1.29, 1.82) is 0 Å². The third-order valence-electron chi connectivity index (χ3n) is 3.00. The molecule has 1 aliphatic rings. The van der Waals surface area contributed by atoms with Crippen LogP contribution in [0.5, 0.6) is 5.75 Å². The van der Waals surface area contributed by atoms with E-state index in [1.54, 1.807) is 10.8 Å². The molecule has 1 aliphatic heterocycles. The first-order chi connectivity index (χ1) is 9.04. The van der Waals surface area contributed by atoms with E-state index in [1.807, 2.05) is 6.92 Å². The Kier molecular flexibility index (Phi) is 3.94. The molecule has 19 heavy (non-hydrogen) atoms. The molecule has 0 unspecified atom stereocenters. The number of imide groups is 1. The van der Waals surface area contributed by atoms with Crippen LogP contribution in [0, 0.1) is 0 Å². The number of hydrogen-bond donors (Lipinski definition) is 1. The van der Waals surface area contributed by atoms with E-state index < -0.39 is 5.43 Å². The first-order valence-corrected chi connectivity index (χ1v) is 6.91. The molecule has 1 aromatic rings. The molecule has 0 radical (unpaired) electrons. The minimum absolute atomic E-state index is 0.189. The zero-order valence-electron chi connectivity index (χ0n) is 10.5. The van der Waals surface area contributed by atoms with Gasteiger partial charge in [-0.05, 0) is 6.42 Å². The molecule has 1 N–H and O–H groups in total. The van der Waals surface area contributed by atoms with Crippen molar-refractivity contribution < 1.29 is 14.7 Å². The molecule has 1 aromatic heterocycles. The second-order valence-corrected chi connectivity index (χ2v) is 5.05. The number of carbonyl (C=O) groups excluding carboxylic acids is 2. The molecule has 0 atom stereocenters. The number of thioether (sulfide) groups is 1. The topological polar surface area (TPSA) is 79.6 Å². The molecule has 2 rings (SSSR count). The van der Waals surface area contributed by atoms with Crippen LogP contribution in [0.2, 0.25) is 0 Å². The fourth-order valence-electron chi connectivity index (χ4n) is 1.99. The van der Waals surface area contributed by atoms with Gasteiger partial charge in [0.1, 0.15) is 0 Å². The number of aromatic hydroxyl groups is 1. The van der Waals surface area contributed by atoms with Crippen LogP contribution in [0.15, 0.2) is 17.1 Å². The van der Waals surface area contributed by atoms with Gasteiger partial charge >= 0.3 is 0 Å². The molecule has 6 nitrogen and oxygen atoms in total. The Morgan fingerprint density at radius 1 is 1.32 bits per heavy atom. The monoisotopic (exact) mass is 282 g/mol. The molecule has 0 spiro atoms. The summed E-state index contributed by atoms with van der Waals surface area (Å²) in [4.78, 5) is 35.4. The lowest BCUT2D eigenvalue weighted by molar-refractivity contribution is -0.124. The van der Waals surface area contributed by atoms with Crippen LogP contribution in [-0.4, -0.2) is 38.0 Å². The number of amides is 2. The van der Waals surface area contributed by atoms with Crippen LogP contribution in [0.4, 0.5) is 4.79 Å². The smallest absolute Gasteiger partial charge is 0.288 e. The summed E-state index contributed by atoms with van der Waals surface area (Å²) in [7, 11) is 0. The SMILES string of the molecule is CCc1c(O)c(=O)ccn1CCN1C(=O)CSC1=O. The van der Waals surface area contributed by atoms with Gasteiger partial charge in [0.15, 0.2) is 5.75 Å². The van der Waals surface area contributed by atoms with E-state index in [9.17, 15) is 19.5 Å². The zero-order valence-corrected chi connectivity index (χ0v) is 11.3. The highest BCUT2D eigenvalue weighted by atomic mass is 32.2.